The summed E-state index contributed by atoms with van der Waals surface area (Å²) in [5.74, 6) is 0.336. The van der Waals surface area contributed by atoms with Gasteiger partial charge in [-0.2, -0.15) is 0 Å². The fraction of sp³-hybridized carbons (Fsp3) is 1.00. The van der Waals surface area contributed by atoms with Crippen molar-refractivity contribution in [1.82, 2.24) is 0 Å². The Hall–Kier alpha value is 0.175. The summed E-state index contributed by atoms with van der Waals surface area (Å²) in [5.41, 5.74) is -0.213. The second-order valence-electron chi connectivity index (χ2n) is 4.12. The third kappa shape index (κ3) is 0.963. The normalized spacial score (nSPS) is 60.1. The summed E-state index contributed by atoms with van der Waals surface area (Å²) in [6, 6.07) is -0.313. The van der Waals surface area contributed by atoms with Crippen molar-refractivity contribution in [2.75, 3.05) is 0 Å². The first-order valence-electron chi connectivity index (χ1n) is 4.87. The molecule has 72 valence electrons. The van der Waals surface area contributed by atoms with Crippen LogP contribution >= 0.6 is 0 Å². The van der Waals surface area contributed by atoms with E-state index in [1.54, 1.807) is 0 Å². The molecule has 0 saturated carbocycles. The summed E-state index contributed by atoms with van der Waals surface area (Å²) < 4.78 is 17.7. The van der Waals surface area contributed by atoms with E-state index < -0.39 is 10.8 Å². The largest absolute Gasteiger partial charge is 0.379 e. The predicted octanol–water partition coefficient (Wildman–Crippen LogP) is 0.815. The summed E-state index contributed by atoms with van der Waals surface area (Å²) in [5, 5.41) is 0.187. The first-order valence-corrected chi connectivity index (χ1v) is 6.15. The van der Waals surface area contributed by atoms with Crippen LogP contribution in [0.1, 0.15) is 27.2 Å². The Bertz CT molecular complexity index is 258. The number of hydrogen-bond donors (Lipinski definition) is 0. The SMILES string of the molecule is [B][C@@H]1O[C@]2(CC)C(C)[C@@H]1S(=O)C2C. The minimum atomic E-state index is -0.805. The number of hydrogen-bond acceptors (Lipinski definition) is 2. The van der Waals surface area contributed by atoms with E-state index >= 15 is 0 Å². The average molecular weight is 198 g/mol. The van der Waals surface area contributed by atoms with E-state index in [9.17, 15) is 4.21 Å². The van der Waals surface area contributed by atoms with Gasteiger partial charge in [0, 0.05) is 22.7 Å². The molecule has 13 heavy (non-hydrogen) atoms. The Kier molecular flexibility index (Phi) is 2.12. The minimum Gasteiger partial charge on any atom is -0.379 e. The zero-order valence-electron chi connectivity index (χ0n) is 8.32. The molecule has 3 unspecified atom stereocenters. The third-order valence-corrected chi connectivity index (χ3v) is 6.11. The second kappa shape index (κ2) is 2.83. The van der Waals surface area contributed by atoms with Gasteiger partial charge in [-0.1, -0.05) is 13.8 Å². The van der Waals surface area contributed by atoms with Crippen molar-refractivity contribution in [3.05, 3.63) is 0 Å². The lowest BCUT2D eigenvalue weighted by molar-refractivity contribution is -0.0343. The Balaban J connectivity index is 2.41. The maximum absolute atomic E-state index is 11.9. The molecule has 2 heterocycles. The quantitative estimate of drug-likeness (QED) is 0.583. The average Bonchev–Trinajstić information content (AvgIpc) is 2.44. The smallest absolute Gasteiger partial charge is 0.110 e. The number of fused-ring (bicyclic) bond motifs is 2. The molecule has 2 aliphatic rings. The number of ether oxygens (including phenoxy) is 1. The van der Waals surface area contributed by atoms with Gasteiger partial charge in [-0.15, -0.1) is 0 Å². The van der Waals surface area contributed by atoms with Gasteiger partial charge in [-0.05, 0) is 13.3 Å². The van der Waals surface area contributed by atoms with Crippen LogP contribution in [0, 0.1) is 5.92 Å². The van der Waals surface area contributed by atoms with Gasteiger partial charge in [0.15, 0.2) is 0 Å². The number of rotatable bonds is 1. The van der Waals surface area contributed by atoms with Gasteiger partial charge in [0.1, 0.15) is 7.85 Å². The predicted molar refractivity (Wildman–Crippen MR) is 54.2 cm³/mol. The van der Waals surface area contributed by atoms with Crippen molar-refractivity contribution in [3.8, 4) is 0 Å². The van der Waals surface area contributed by atoms with Gasteiger partial charge >= 0.3 is 0 Å². The molecule has 2 fully saturated rings. The fourth-order valence-electron chi connectivity index (χ4n) is 2.91. The molecule has 2 rings (SSSR count). The van der Waals surface area contributed by atoms with Crippen LogP contribution < -0.4 is 0 Å². The van der Waals surface area contributed by atoms with Crippen molar-refractivity contribution in [2.45, 2.75) is 49.3 Å². The summed E-state index contributed by atoms with van der Waals surface area (Å²) in [6.07, 6.45) is 0.908. The van der Waals surface area contributed by atoms with Crippen molar-refractivity contribution in [3.63, 3.8) is 0 Å². The third-order valence-electron chi connectivity index (χ3n) is 3.80. The maximum atomic E-state index is 11.9. The topological polar surface area (TPSA) is 26.3 Å². The highest BCUT2D eigenvalue weighted by atomic mass is 32.2. The van der Waals surface area contributed by atoms with E-state index in [1.165, 1.54) is 0 Å². The molecule has 2 nitrogen and oxygen atoms in total. The van der Waals surface area contributed by atoms with Crippen molar-refractivity contribution < 1.29 is 8.95 Å². The van der Waals surface area contributed by atoms with Crippen LogP contribution in [0.4, 0.5) is 0 Å². The standard InChI is InChI=1S/C9H15BO2S/c1-4-9-5(2)7(8(10)12-9)13(11)6(9)3/h5-8H,4H2,1-3H3/t5?,6?,7-,8+,9+,13?/m0/s1. The monoisotopic (exact) mass is 198 g/mol. The van der Waals surface area contributed by atoms with E-state index in [1.807, 2.05) is 6.92 Å². The van der Waals surface area contributed by atoms with E-state index in [4.69, 9.17) is 12.6 Å². The van der Waals surface area contributed by atoms with E-state index in [0.29, 0.717) is 5.92 Å². The van der Waals surface area contributed by atoms with Crippen molar-refractivity contribution in [1.29, 1.82) is 0 Å². The molecule has 0 N–H and O–H groups in total. The molecule has 0 amide bonds. The van der Waals surface area contributed by atoms with Crippen molar-refractivity contribution in [2.24, 2.45) is 5.92 Å². The highest BCUT2D eigenvalue weighted by Gasteiger charge is 2.63. The molecule has 0 spiro atoms. The lowest BCUT2D eigenvalue weighted by Gasteiger charge is -2.35. The molecular weight excluding hydrogens is 183 g/mol. The highest BCUT2D eigenvalue weighted by Crippen LogP contribution is 2.51. The van der Waals surface area contributed by atoms with E-state index in [-0.39, 0.29) is 22.1 Å². The Morgan fingerprint density at radius 1 is 1.54 bits per heavy atom. The van der Waals surface area contributed by atoms with Gasteiger partial charge < -0.3 is 4.74 Å². The molecule has 2 aliphatic heterocycles. The van der Waals surface area contributed by atoms with Gasteiger partial charge in [-0.25, -0.2) is 0 Å². The van der Waals surface area contributed by atoms with E-state index in [2.05, 4.69) is 13.8 Å². The fourth-order valence-corrected chi connectivity index (χ4v) is 5.17. The Labute approximate surface area is 83.3 Å². The Morgan fingerprint density at radius 3 is 2.54 bits per heavy atom. The molecule has 0 aromatic heterocycles. The highest BCUT2D eigenvalue weighted by molar-refractivity contribution is 7.86. The lowest BCUT2D eigenvalue weighted by atomic mass is 9.82. The molecule has 2 radical (unpaired) electrons. The molecular formula is C9H15BO2S. The summed E-state index contributed by atoms with van der Waals surface area (Å²) in [6.45, 7) is 6.22. The van der Waals surface area contributed by atoms with Gasteiger partial charge in [-0.3, -0.25) is 4.21 Å². The van der Waals surface area contributed by atoms with Gasteiger partial charge in [0.2, 0.25) is 0 Å². The van der Waals surface area contributed by atoms with Crippen LogP contribution in [-0.4, -0.2) is 34.2 Å². The lowest BCUT2D eigenvalue weighted by Crippen LogP contribution is -2.45. The summed E-state index contributed by atoms with van der Waals surface area (Å²) in [4.78, 5) is 0. The van der Waals surface area contributed by atoms with Crippen LogP contribution in [-0.2, 0) is 15.5 Å². The maximum Gasteiger partial charge on any atom is 0.110 e. The first kappa shape index (κ1) is 9.72. The van der Waals surface area contributed by atoms with Gasteiger partial charge in [0.25, 0.3) is 0 Å². The summed E-state index contributed by atoms with van der Waals surface area (Å²) >= 11 is 0. The molecule has 0 aromatic rings. The second-order valence-corrected chi connectivity index (χ2v) is 6.02. The van der Waals surface area contributed by atoms with Crippen LogP contribution in [0.3, 0.4) is 0 Å². The van der Waals surface area contributed by atoms with Gasteiger partial charge in [0.05, 0.1) is 16.1 Å². The van der Waals surface area contributed by atoms with E-state index in [0.717, 1.165) is 6.42 Å². The van der Waals surface area contributed by atoms with Crippen LogP contribution in [0.5, 0.6) is 0 Å². The van der Waals surface area contributed by atoms with Crippen LogP contribution in [0.15, 0.2) is 0 Å². The Morgan fingerprint density at radius 2 is 2.15 bits per heavy atom. The summed E-state index contributed by atoms with van der Waals surface area (Å²) in [7, 11) is 5.00. The minimum absolute atomic E-state index is 0.0509. The molecule has 0 aliphatic carbocycles. The zero-order valence-corrected chi connectivity index (χ0v) is 9.14. The molecule has 0 aromatic carbocycles. The zero-order chi connectivity index (χ0) is 9.80. The van der Waals surface area contributed by atoms with Crippen LogP contribution in [0.2, 0.25) is 0 Å². The first-order chi connectivity index (χ1) is 6.04. The van der Waals surface area contributed by atoms with Crippen molar-refractivity contribution >= 4 is 18.6 Å². The van der Waals surface area contributed by atoms with Crippen LogP contribution in [0.25, 0.3) is 0 Å². The molecule has 4 heteroatoms. The molecule has 2 saturated heterocycles. The molecule has 6 atom stereocenters. The molecule has 2 bridgehead atoms.